The standard InChI is InChI=1S/C23H20N3O5/c1-2-24-22(28)17-18(23(24)29)20(21(27)14-7-9-15(10-8-14)26(30)31)25-12-11-13-5-3-4-6-16(13)19(17)25/h3-12,17-20H,2H2,1H3,(H-,27,30,31)/q-1/t17-,18-,19-,20+/m0/s1. The Morgan fingerprint density at radius 2 is 1.71 bits per heavy atom. The second-order valence-electron chi connectivity index (χ2n) is 7.94. The summed E-state index contributed by atoms with van der Waals surface area (Å²) in [5.41, 5.74) is 2.22. The van der Waals surface area contributed by atoms with Crippen molar-refractivity contribution in [3.05, 3.63) is 87.6 Å². The van der Waals surface area contributed by atoms with Crippen LogP contribution in [-0.4, -0.2) is 49.9 Å². The van der Waals surface area contributed by atoms with Crippen LogP contribution in [-0.2, 0) is 9.59 Å². The molecule has 2 amide bonds. The molecule has 8 nitrogen and oxygen atoms in total. The highest BCUT2D eigenvalue weighted by molar-refractivity contribution is 6.07. The quantitative estimate of drug-likeness (QED) is 0.342. The van der Waals surface area contributed by atoms with E-state index in [4.69, 9.17) is 0 Å². The molecule has 1 aliphatic carbocycles. The van der Waals surface area contributed by atoms with Crippen molar-refractivity contribution in [1.29, 1.82) is 0 Å². The Morgan fingerprint density at radius 1 is 1.03 bits per heavy atom. The number of nitrogens with zero attached hydrogens (tertiary/aromatic N) is 3. The second kappa shape index (κ2) is 6.87. The van der Waals surface area contributed by atoms with Gasteiger partial charge in [-0.1, -0.05) is 24.3 Å². The van der Waals surface area contributed by atoms with E-state index in [1.165, 1.54) is 29.2 Å². The summed E-state index contributed by atoms with van der Waals surface area (Å²) in [4.78, 5) is 29.1. The highest BCUT2D eigenvalue weighted by Crippen LogP contribution is 2.54. The summed E-state index contributed by atoms with van der Waals surface area (Å²) in [6, 6.07) is 6.62. The van der Waals surface area contributed by atoms with Gasteiger partial charge in [0.25, 0.3) is 0 Å². The number of carbonyl (C=O) groups excluding carboxylic acids is 2. The Kier molecular flexibility index (Phi) is 4.25. The van der Waals surface area contributed by atoms with Crippen LogP contribution in [0.3, 0.4) is 0 Å². The summed E-state index contributed by atoms with van der Waals surface area (Å²) < 4.78 is 0. The van der Waals surface area contributed by atoms with E-state index >= 15 is 0 Å². The fourth-order valence-corrected chi connectivity index (χ4v) is 5.17. The van der Waals surface area contributed by atoms with Crippen LogP contribution in [0.4, 0.5) is 0 Å². The highest BCUT2D eigenvalue weighted by atomic mass is 16.8. The molecular formula is C23H20N3O5-. The number of fused-ring (bicyclic) bond motifs is 5. The number of rotatable bonds is 2. The highest BCUT2D eigenvalue weighted by Gasteiger charge is 2.63. The van der Waals surface area contributed by atoms with Crippen molar-refractivity contribution in [3.63, 3.8) is 0 Å². The van der Waals surface area contributed by atoms with Gasteiger partial charge in [0.05, 0.1) is 23.9 Å². The van der Waals surface area contributed by atoms with E-state index in [1.807, 2.05) is 41.4 Å². The number of hydrogen-bond acceptors (Lipinski definition) is 6. The van der Waals surface area contributed by atoms with Gasteiger partial charge in [-0.3, -0.25) is 14.5 Å². The first-order valence-electron chi connectivity index (χ1n) is 10.1. The number of aliphatic hydroxyl groups excluding tert-OH is 1. The number of benzene rings is 1. The smallest absolute Gasteiger partial charge is 0.235 e. The molecule has 2 saturated heterocycles. The zero-order valence-corrected chi connectivity index (χ0v) is 16.7. The molecule has 158 valence electrons. The van der Waals surface area contributed by atoms with Crippen molar-refractivity contribution < 1.29 is 19.6 Å². The Bertz CT molecular complexity index is 1120. The third-order valence-corrected chi connectivity index (χ3v) is 6.52. The molecule has 3 aliphatic heterocycles. The lowest BCUT2D eigenvalue weighted by molar-refractivity contribution is -0.377. The molecule has 1 aromatic carbocycles. The van der Waals surface area contributed by atoms with Gasteiger partial charge >= 0.3 is 0 Å². The van der Waals surface area contributed by atoms with Crippen LogP contribution >= 0.6 is 0 Å². The summed E-state index contributed by atoms with van der Waals surface area (Å²) >= 11 is 0. The van der Waals surface area contributed by atoms with Gasteiger partial charge in [0.2, 0.25) is 17.5 Å². The maximum atomic E-state index is 13.2. The molecule has 0 aromatic heterocycles. The van der Waals surface area contributed by atoms with Crippen LogP contribution in [0.5, 0.6) is 0 Å². The fraction of sp³-hybridized carbons (Fsp3) is 0.261. The van der Waals surface area contributed by atoms with Gasteiger partial charge in [-0.15, -0.1) is 0 Å². The number of amides is 2. The molecule has 4 atom stereocenters. The fourth-order valence-electron chi connectivity index (χ4n) is 5.17. The molecule has 31 heavy (non-hydrogen) atoms. The Morgan fingerprint density at radius 3 is 2.39 bits per heavy atom. The molecule has 0 bridgehead atoms. The molecule has 3 heterocycles. The monoisotopic (exact) mass is 418 g/mol. The van der Waals surface area contributed by atoms with E-state index in [0.717, 1.165) is 11.1 Å². The number of likely N-dealkylation sites (tertiary alicyclic amines) is 1. The lowest BCUT2D eigenvalue weighted by Gasteiger charge is -2.35. The van der Waals surface area contributed by atoms with E-state index < -0.39 is 22.8 Å². The van der Waals surface area contributed by atoms with E-state index in [0.29, 0.717) is 5.57 Å². The molecule has 8 heteroatoms. The van der Waals surface area contributed by atoms with E-state index in [1.54, 1.807) is 6.92 Å². The lowest BCUT2D eigenvalue weighted by Crippen LogP contribution is -2.41. The van der Waals surface area contributed by atoms with Crippen molar-refractivity contribution in [3.8, 4) is 0 Å². The van der Waals surface area contributed by atoms with Gasteiger partial charge in [0.15, 0.2) is 0 Å². The number of hydrogen-bond donors (Lipinski definition) is 1. The summed E-state index contributed by atoms with van der Waals surface area (Å²) in [6.45, 7) is 2.04. The normalized spacial score (nSPS) is 28.2. The van der Waals surface area contributed by atoms with Gasteiger partial charge in [0, 0.05) is 30.5 Å². The average Bonchev–Trinajstić information content (AvgIpc) is 3.25. The Hall–Kier alpha value is -3.81. The minimum absolute atomic E-state index is 0.0736. The zero-order valence-electron chi connectivity index (χ0n) is 16.7. The average molecular weight is 418 g/mol. The largest absolute Gasteiger partial charge is 0.612 e. The molecule has 2 fully saturated rings. The second-order valence-corrected chi connectivity index (χ2v) is 7.94. The van der Waals surface area contributed by atoms with Gasteiger partial charge < -0.3 is 20.4 Å². The van der Waals surface area contributed by atoms with Crippen LogP contribution in [0.15, 0.2) is 66.1 Å². The third kappa shape index (κ3) is 2.64. The van der Waals surface area contributed by atoms with Gasteiger partial charge in [-0.2, -0.15) is 4.90 Å². The predicted octanol–water partition coefficient (Wildman–Crippen LogP) is 2.40. The van der Waals surface area contributed by atoms with Crippen LogP contribution in [0.2, 0.25) is 0 Å². The number of allylic oxidation sites excluding steroid dienone is 5. The zero-order chi connectivity index (χ0) is 21.9. The molecule has 0 radical (unpaired) electrons. The van der Waals surface area contributed by atoms with Crippen molar-refractivity contribution >= 4 is 23.6 Å². The summed E-state index contributed by atoms with van der Waals surface area (Å²) in [5.74, 6) is -1.93. The summed E-state index contributed by atoms with van der Waals surface area (Å²) in [5, 5.41) is 33.2. The van der Waals surface area contributed by atoms with Crippen LogP contribution in [0, 0.1) is 22.3 Å². The topological polar surface area (TPSA) is 110 Å². The molecule has 0 spiro atoms. The third-order valence-electron chi connectivity index (χ3n) is 6.52. The summed E-state index contributed by atoms with van der Waals surface area (Å²) in [7, 11) is 0. The summed E-state index contributed by atoms with van der Waals surface area (Å²) in [6.07, 6.45) is 9.31. The first kappa shape index (κ1) is 19.2. The Labute approximate surface area is 178 Å². The van der Waals surface area contributed by atoms with Crippen molar-refractivity contribution in [2.75, 3.05) is 6.54 Å². The minimum atomic E-state index is -0.742. The van der Waals surface area contributed by atoms with Crippen molar-refractivity contribution in [2.24, 2.45) is 11.8 Å². The van der Waals surface area contributed by atoms with Gasteiger partial charge in [0.1, 0.15) is 5.76 Å². The molecule has 1 N–H and O–H groups in total. The number of aliphatic hydroxyl groups is 1. The first-order valence-corrected chi connectivity index (χ1v) is 10.1. The molecule has 4 aliphatic rings. The van der Waals surface area contributed by atoms with Gasteiger partial charge in [-0.25, -0.2) is 0 Å². The van der Waals surface area contributed by atoms with Crippen LogP contribution < -0.4 is 0 Å². The van der Waals surface area contributed by atoms with E-state index in [-0.39, 0.29) is 35.9 Å². The minimum Gasteiger partial charge on any atom is -0.612 e. The van der Waals surface area contributed by atoms with E-state index in [9.17, 15) is 25.1 Å². The van der Waals surface area contributed by atoms with Gasteiger partial charge in [-0.05, 0) is 36.3 Å². The first-order chi connectivity index (χ1) is 14.9. The molecule has 0 unspecified atom stereocenters. The predicted molar refractivity (Wildman–Crippen MR) is 113 cm³/mol. The number of imide groups is 1. The van der Waals surface area contributed by atoms with Crippen molar-refractivity contribution in [1.82, 2.24) is 9.80 Å². The lowest BCUT2D eigenvalue weighted by atomic mass is 9.84. The molecular weight excluding hydrogens is 398 g/mol. The number of carbonyl (C=O) groups is 2. The molecule has 0 saturated carbocycles. The maximum Gasteiger partial charge on any atom is 0.235 e. The van der Waals surface area contributed by atoms with Crippen molar-refractivity contribution in [2.45, 2.75) is 19.0 Å². The SMILES string of the molecule is CCN1C(=O)[C@H]2[C@H](C1=O)[C@@H]1c3ccccc3C=CN1[C@H]2C(O)=C1C=CC(=[N+]([O-])[O-])C=C1. The maximum absolute atomic E-state index is 13.2. The van der Waals surface area contributed by atoms with E-state index in [2.05, 4.69) is 0 Å². The Balaban J connectivity index is 1.65. The molecule has 1 aromatic rings. The molecule has 5 rings (SSSR count). The van der Waals surface area contributed by atoms with Crippen LogP contribution in [0.1, 0.15) is 24.1 Å². The van der Waals surface area contributed by atoms with Crippen LogP contribution in [0.25, 0.3) is 6.08 Å².